The Kier molecular flexibility index (Phi) is 9.68. The molecule has 0 fully saturated rings. The second-order valence-corrected chi connectivity index (χ2v) is 8.34. The van der Waals surface area contributed by atoms with Gasteiger partial charge in [0.1, 0.15) is 24.5 Å². The zero-order chi connectivity index (χ0) is 25.9. The van der Waals surface area contributed by atoms with Crippen LogP contribution in [0.2, 0.25) is 0 Å². The summed E-state index contributed by atoms with van der Waals surface area (Å²) in [4.78, 5) is 28.9. The number of amides is 1. The van der Waals surface area contributed by atoms with Gasteiger partial charge in [0.05, 0.1) is 7.11 Å². The van der Waals surface area contributed by atoms with Crippen molar-refractivity contribution in [2.75, 3.05) is 13.7 Å². The number of hydrogen-bond acceptors (Lipinski definition) is 7. The third-order valence-corrected chi connectivity index (χ3v) is 5.84. The Morgan fingerprint density at radius 2 is 1.69 bits per heavy atom. The van der Waals surface area contributed by atoms with Crippen LogP contribution in [-0.2, 0) is 16.0 Å². The fourth-order valence-corrected chi connectivity index (χ4v) is 3.96. The maximum Gasteiger partial charge on any atom is 0.325 e. The number of aromatic hydroxyl groups is 1. The number of pyridine rings is 1. The summed E-state index contributed by atoms with van der Waals surface area (Å²) in [5, 5.41) is 12.5. The molecule has 0 saturated carbocycles. The average molecular weight is 493 g/mol. The minimum absolute atomic E-state index is 0.0722. The summed E-state index contributed by atoms with van der Waals surface area (Å²) >= 11 is 0. The zero-order valence-electron chi connectivity index (χ0n) is 20.7. The molecule has 0 aliphatic rings. The quantitative estimate of drug-likeness (QED) is 0.365. The lowest BCUT2D eigenvalue weighted by molar-refractivity contribution is -0.153. The summed E-state index contributed by atoms with van der Waals surface area (Å²) in [6.07, 6.45) is 1.89. The van der Waals surface area contributed by atoms with E-state index in [1.165, 1.54) is 24.9 Å². The van der Waals surface area contributed by atoms with Gasteiger partial charge in [0.2, 0.25) is 0 Å². The van der Waals surface area contributed by atoms with Gasteiger partial charge in [-0.3, -0.25) is 9.59 Å². The number of nitrogens with one attached hydrogen (secondary N) is 1. The maximum absolute atomic E-state index is 12.6. The molecule has 0 aliphatic heterocycles. The normalized spacial score (nSPS) is 13.2. The number of carbonyl (C=O) groups excluding carboxylic acids is 2. The van der Waals surface area contributed by atoms with Crippen molar-refractivity contribution in [3.8, 4) is 17.2 Å². The molecule has 0 saturated heterocycles. The van der Waals surface area contributed by atoms with Gasteiger partial charge in [0, 0.05) is 18.2 Å². The number of aromatic nitrogens is 1. The highest BCUT2D eigenvalue weighted by Gasteiger charge is 2.31. The van der Waals surface area contributed by atoms with Gasteiger partial charge >= 0.3 is 5.97 Å². The maximum atomic E-state index is 12.6. The van der Waals surface area contributed by atoms with Crippen LogP contribution in [0.3, 0.4) is 0 Å². The Morgan fingerprint density at radius 3 is 2.33 bits per heavy atom. The second-order valence-electron chi connectivity index (χ2n) is 8.34. The first-order valence-corrected chi connectivity index (χ1v) is 11.9. The standard InChI is InChI=1S/C28H32N2O6/c1-4-21(17-20-11-7-5-8-12-20)27(36-22-13-9-6-10-14-22)19(2)35-24(31)18-30-28(33)25-26(32)23(34-3)15-16-29-25/h5-16,19,21,27,32H,4,17-18H2,1-3H3,(H,30,33)/t19-,21+,27-/m0/s1. The van der Waals surface area contributed by atoms with Crippen molar-refractivity contribution in [1.82, 2.24) is 10.3 Å². The van der Waals surface area contributed by atoms with Crippen LogP contribution in [0.4, 0.5) is 0 Å². The van der Waals surface area contributed by atoms with Crippen molar-refractivity contribution >= 4 is 11.9 Å². The molecule has 1 heterocycles. The average Bonchev–Trinajstić information content (AvgIpc) is 2.90. The Bertz CT molecular complexity index is 1120. The van der Waals surface area contributed by atoms with Crippen LogP contribution in [0.25, 0.3) is 0 Å². The minimum atomic E-state index is -0.719. The Balaban J connectivity index is 1.67. The van der Waals surface area contributed by atoms with Crippen LogP contribution < -0.4 is 14.8 Å². The number of ether oxygens (including phenoxy) is 3. The van der Waals surface area contributed by atoms with E-state index in [2.05, 4.69) is 29.4 Å². The van der Waals surface area contributed by atoms with E-state index in [1.54, 1.807) is 6.92 Å². The largest absolute Gasteiger partial charge is 0.503 e. The monoisotopic (exact) mass is 492 g/mol. The number of rotatable bonds is 12. The topological polar surface area (TPSA) is 107 Å². The van der Waals surface area contributed by atoms with Gasteiger partial charge in [-0.05, 0) is 37.5 Å². The van der Waals surface area contributed by atoms with Crippen molar-refractivity contribution in [3.05, 3.63) is 84.2 Å². The molecule has 2 N–H and O–H groups in total. The van der Waals surface area contributed by atoms with E-state index in [9.17, 15) is 14.7 Å². The van der Waals surface area contributed by atoms with Gasteiger partial charge in [0.25, 0.3) is 5.91 Å². The molecule has 0 unspecified atom stereocenters. The Morgan fingerprint density at radius 1 is 1.03 bits per heavy atom. The Hall–Kier alpha value is -4.07. The summed E-state index contributed by atoms with van der Waals surface area (Å²) in [6, 6.07) is 20.9. The number of hydrogen-bond donors (Lipinski definition) is 2. The van der Waals surface area contributed by atoms with E-state index in [1.807, 2.05) is 48.5 Å². The van der Waals surface area contributed by atoms with E-state index in [4.69, 9.17) is 14.2 Å². The van der Waals surface area contributed by atoms with E-state index in [-0.39, 0.29) is 17.4 Å². The third kappa shape index (κ3) is 7.21. The molecular weight excluding hydrogens is 460 g/mol. The summed E-state index contributed by atoms with van der Waals surface area (Å²) in [5.41, 5.74) is 0.928. The summed E-state index contributed by atoms with van der Waals surface area (Å²) in [5.74, 6) is -0.885. The molecule has 0 radical (unpaired) electrons. The highest BCUT2D eigenvalue weighted by molar-refractivity contribution is 5.97. The van der Waals surface area contributed by atoms with Gasteiger partial charge < -0.3 is 24.6 Å². The lowest BCUT2D eigenvalue weighted by Crippen LogP contribution is -2.42. The number of esters is 1. The first kappa shape index (κ1) is 26.5. The molecule has 3 aromatic rings. The van der Waals surface area contributed by atoms with Crippen molar-refractivity contribution in [2.45, 2.75) is 38.9 Å². The summed E-state index contributed by atoms with van der Waals surface area (Å²) in [6.45, 7) is 3.47. The lowest BCUT2D eigenvalue weighted by atomic mass is 9.89. The molecule has 2 aromatic carbocycles. The number of carbonyl (C=O) groups is 2. The van der Waals surface area contributed by atoms with Gasteiger partial charge in [-0.15, -0.1) is 0 Å². The summed E-state index contributed by atoms with van der Waals surface area (Å²) < 4.78 is 17.0. The molecule has 1 amide bonds. The lowest BCUT2D eigenvalue weighted by Gasteiger charge is -2.32. The predicted molar refractivity (Wildman–Crippen MR) is 135 cm³/mol. The van der Waals surface area contributed by atoms with Crippen LogP contribution >= 0.6 is 0 Å². The van der Waals surface area contributed by atoms with Crippen LogP contribution in [0, 0.1) is 5.92 Å². The van der Waals surface area contributed by atoms with E-state index >= 15 is 0 Å². The van der Waals surface area contributed by atoms with Crippen LogP contribution in [0.1, 0.15) is 36.3 Å². The fraction of sp³-hybridized carbons (Fsp3) is 0.321. The first-order chi connectivity index (χ1) is 17.4. The van der Waals surface area contributed by atoms with Gasteiger partial charge in [-0.25, -0.2) is 4.98 Å². The molecule has 190 valence electrons. The molecule has 3 atom stereocenters. The zero-order valence-corrected chi connectivity index (χ0v) is 20.7. The highest BCUT2D eigenvalue weighted by Crippen LogP contribution is 2.28. The van der Waals surface area contributed by atoms with Crippen molar-refractivity contribution in [2.24, 2.45) is 5.92 Å². The van der Waals surface area contributed by atoms with Gasteiger partial charge in [-0.2, -0.15) is 0 Å². The second kappa shape index (κ2) is 13.1. The molecule has 0 aliphatic carbocycles. The SMILES string of the molecule is CC[C@H](Cc1ccccc1)[C@@H](Oc1ccccc1)[C@H](C)OC(=O)CNC(=O)c1nccc(OC)c1O. The number of nitrogens with zero attached hydrogens (tertiary/aromatic N) is 1. The van der Waals surface area contributed by atoms with Crippen LogP contribution in [-0.4, -0.2) is 47.8 Å². The predicted octanol–water partition coefficient (Wildman–Crippen LogP) is 4.17. The molecule has 0 bridgehead atoms. The van der Waals surface area contributed by atoms with Gasteiger partial charge in [-0.1, -0.05) is 55.5 Å². The first-order valence-electron chi connectivity index (χ1n) is 11.9. The third-order valence-electron chi connectivity index (χ3n) is 5.84. The van der Waals surface area contributed by atoms with Crippen LogP contribution in [0.5, 0.6) is 17.2 Å². The molecular formula is C28H32N2O6. The fourth-order valence-electron chi connectivity index (χ4n) is 3.96. The minimum Gasteiger partial charge on any atom is -0.503 e. The number of para-hydroxylation sites is 1. The smallest absolute Gasteiger partial charge is 0.325 e. The summed E-state index contributed by atoms with van der Waals surface area (Å²) in [7, 11) is 1.37. The molecule has 36 heavy (non-hydrogen) atoms. The molecule has 3 rings (SSSR count). The molecule has 8 heteroatoms. The molecule has 1 aromatic heterocycles. The number of benzene rings is 2. The molecule has 8 nitrogen and oxygen atoms in total. The highest BCUT2D eigenvalue weighted by atomic mass is 16.6. The number of methoxy groups -OCH3 is 1. The van der Waals surface area contributed by atoms with Crippen molar-refractivity contribution < 1.29 is 28.9 Å². The van der Waals surface area contributed by atoms with E-state index in [0.29, 0.717) is 5.75 Å². The van der Waals surface area contributed by atoms with Crippen LogP contribution in [0.15, 0.2) is 72.9 Å². The van der Waals surface area contributed by atoms with Gasteiger partial charge in [0.15, 0.2) is 17.2 Å². The Labute approximate surface area is 211 Å². The van der Waals surface area contributed by atoms with E-state index < -0.39 is 36.4 Å². The van der Waals surface area contributed by atoms with Crippen molar-refractivity contribution in [1.29, 1.82) is 0 Å². The molecule has 0 spiro atoms. The van der Waals surface area contributed by atoms with E-state index in [0.717, 1.165) is 12.8 Å². The van der Waals surface area contributed by atoms with Crippen molar-refractivity contribution in [3.63, 3.8) is 0 Å².